The second-order valence-electron chi connectivity index (χ2n) is 6.16. The normalized spacial score (nSPS) is 16.7. The first-order chi connectivity index (χ1) is 12.9. The van der Waals surface area contributed by atoms with Crippen molar-refractivity contribution in [2.24, 2.45) is 5.92 Å². The van der Waals surface area contributed by atoms with Crippen molar-refractivity contribution in [2.45, 2.75) is 19.6 Å². The summed E-state index contributed by atoms with van der Waals surface area (Å²) in [5.74, 6) is -0.898. The van der Waals surface area contributed by atoms with Crippen LogP contribution in [0.25, 0.3) is 0 Å². The van der Waals surface area contributed by atoms with E-state index in [1.54, 1.807) is 11.0 Å². The van der Waals surface area contributed by atoms with E-state index in [0.717, 1.165) is 5.56 Å². The van der Waals surface area contributed by atoms with Gasteiger partial charge in [-0.1, -0.05) is 29.8 Å². The number of hydrogen-bond acceptors (Lipinski definition) is 3. The van der Waals surface area contributed by atoms with Gasteiger partial charge < -0.3 is 15.0 Å². The molecule has 1 saturated heterocycles. The Kier molecular flexibility index (Phi) is 5.91. The van der Waals surface area contributed by atoms with E-state index in [1.807, 2.05) is 18.2 Å². The lowest BCUT2D eigenvalue weighted by Crippen LogP contribution is -2.28. The third kappa shape index (κ3) is 4.95. The highest BCUT2D eigenvalue weighted by Gasteiger charge is 2.34. The fourth-order valence-corrected chi connectivity index (χ4v) is 3.09. The molecule has 8 heteroatoms. The lowest BCUT2D eigenvalue weighted by atomic mass is 10.1. The largest absolute Gasteiger partial charge is 0.435 e. The zero-order valence-corrected chi connectivity index (χ0v) is 15.0. The first-order valence-corrected chi connectivity index (χ1v) is 8.67. The smallest absolute Gasteiger partial charge is 0.387 e. The Bertz CT molecular complexity index is 830. The molecule has 1 heterocycles. The number of nitrogens with zero attached hydrogens (tertiary/aromatic N) is 1. The van der Waals surface area contributed by atoms with Crippen LogP contribution in [-0.4, -0.2) is 29.9 Å². The molecule has 0 unspecified atom stereocenters. The average molecular weight is 395 g/mol. The highest BCUT2D eigenvalue weighted by Crippen LogP contribution is 2.25. The van der Waals surface area contributed by atoms with Crippen LogP contribution in [0.4, 0.5) is 14.5 Å². The molecule has 5 nitrogen and oxygen atoms in total. The number of ether oxygens (including phenoxy) is 1. The van der Waals surface area contributed by atoms with Crippen molar-refractivity contribution in [3.8, 4) is 5.75 Å². The topological polar surface area (TPSA) is 58.6 Å². The lowest BCUT2D eigenvalue weighted by molar-refractivity contribution is -0.128. The van der Waals surface area contributed by atoms with Gasteiger partial charge in [0.05, 0.1) is 5.92 Å². The zero-order chi connectivity index (χ0) is 19.4. The molecular formula is C19H17ClF2N2O3. The molecule has 0 aromatic heterocycles. The standard InChI is InChI=1S/C19H17ClF2N2O3/c20-16-4-2-1-3-12(16)10-24-11-13(9-17(24)25)18(26)23-14-5-7-15(8-6-14)27-19(21)22/h1-8,13,19H,9-11H2,(H,23,26)/t13-/m0/s1. The molecule has 1 N–H and O–H groups in total. The summed E-state index contributed by atoms with van der Waals surface area (Å²) in [6, 6.07) is 12.9. The molecular weight excluding hydrogens is 378 g/mol. The van der Waals surface area contributed by atoms with Crippen LogP contribution in [-0.2, 0) is 16.1 Å². The summed E-state index contributed by atoms with van der Waals surface area (Å²) < 4.78 is 28.6. The molecule has 2 aromatic carbocycles. The summed E-state index contributed by atoms with van der Waals surface area (Å²) in [6.07, 6.45) is 0.114. The number of likely N-dealkylation sites (tertiary alicyclic amines) is 1. The third-order valence-corrected chi connectivity index (χ3v) is 4.62. The van der Waals surface area contributed by atoms with E-state index >= 15 is 0 Å². The highest BCUT2D eigenvalue weighted by molar-refractivity contribution is 6.31. The fourth-order valence-electron chi connectivity index (χ4n) is 2.90. The molecule has 1 fully saturated rings. The predicted octanol–water partition coefficient (Wildman–Crippen LogP) is 3.93. The Morgan fingerprint density at radius 1 is 1.22 bits per heavy atom. The van der Waals surface area contributed by atoms with Crippen LogP contribution in [0.15, 0.2) is 48.5 Å². The summed E-state index contributed by atoms with van der Waals surface area (Å²) in [7, 11) is 0. The van der Waals surface area contributed by atoms with Gasteiger partial charge in [-0.15, -0.1) is 0 Å². The van der Waals surface area contributed by atoms with E-state index in [0.29, 0.717) is 23.8 Å². The number of carbonyl (C=O) groups excluding carboxylic acids is 2. The van der Waals surface area contributed by atoms with E-state index < -0.39 is 12.5 Å². The minimum atomic E-state index is -2.90. The summed E-state index contributed by atoms with van der Waals surface area (Å²) in [6.45, 7) is -2.26. The number of nitrogens with one attached hydrogen (secondary N) is 1. The molecule has 0 aliphatic carbocycles. The Hall–Kier alpha value is -2.67. The Morgan fingerprint density at radius 3 is 2.59 bits per heavy atom. The number of halogens is 3. The number of alkyl halides is 2. The van der Waals surface area contributed by atoms with Crippen LogP contribution in [0.5, 0.6) is 5.75 Å². The van der Waals surface area contributed by atoms with Crippen molar-refractivity contribution in [3.63, 3.8) is 0 Å². The molecule has 3 rings (SSSR count). The van der Waals surface area contributed by atoms with Crippen LogP contribution in [0, 0.1) is 5.92 Å². The number of hydrogen-bond donors (Lipinski definition) is 1. The van der Waals surface area contributed by atoms with Gasteiger partial charge in [0.2, 0.25) is 11.8 Å². The quantitative estimate of drug-likeness (QED) is 0.807. The maximum Gasteiger partial charge on any atom is 0.387 e. The number of anilines is 1. The van der Waals surface area contributed by atoms with Gasteiger partial charge >= 0.3 is 6.61 Å². The highest BCUT2D eigenvalue weighted by atomic mass is 35.5. The number of amides is 2. The van der Waals surface area contributed by atoms with E-state index in [2.05, 4.69) is 10.1 Å². The van der Waals surface area contributed by atoms with Crippen LogP contribution in [0.1, 0.15) is 12.0 Å². The van der Waals surface area contributed by atoms with E-state index in [4.69, 9.17) is 11.6 Å². The number of carbonyl (C=O) groups is 2. The Labute approximate surface area is 159 Å². The second kappa shape index (κ2) is 8.35. The molecule has 142 valence electrons. The molecule has 1 aliphatic rings. The van der Waals surface area contributed by atoms with Gasteiger partial charge in [-0.2, -0.15) is 8.78 Å². The third-order valence-electron chi connectivity index (χ3n) is 4.25. The van der Waals surface area contributed by atoms with Crippen LogP contribution >= 0.6 is 11.6 Å². The molecule has 0 saturated carbocycles. The molecule has 2 amide bonds. The molecule has 1 aliphatic heterocycles. The van der Waals surface area contributed by atoms with Crippen molar-refractivity contribution < 1.29 is 23.1 Å². The van der Waals surface area contributed by atoms with E-state index in [-0.39, 0.29) is 24.0 Å². The molecule has 27 heavy (non-hydrogen) atoms. The number of rotatable bonds is 6. The lowest BCUT2D eigenvalue weighted by Gasteiger charge is -2.17. The fraction of sp³-hybridized carbons (Fsp3) is 0.263. The van der Waals surface area contributed by atoms with Gasteiger partial charge in [0.25, 0.3) is 0 Å². The van der Waals surface area contributed by atoms with Crippen molar-refractivity contribution >= 4 is 29.1 Å². The zero-order valence-electron chi connectivity index (χ0n) is 14.2. The van der Waals surface area contributed by atoms with Crippen molar-refractivity contribution in [2.75, 3.05) is 11.9 Å². The van der Waals surface area contributed by atoms with Gasteiger partial charge in [-0.3, -0.25) is 9.59 Å². The average Bonchev–Trinajstić information content (AvgIpc) is 2.99. The summed E-state index contributed by atoms with van der Waals surface area (Å²) in [4.78, 5) is 26.2. The molecule has 0 spiro atoms. The summed E-state index contributed by atoms with van der Waals surface area (Å²) >= 11 is 6.13. The first kappa shape index (κ1) is 19.1. The van der Waals surface area contributed by atoms with Gasteiger partial charge in [0, 0.05) is 30.2 Å². The second-order valence-corrected chi connectivity index (χ2v) is 6.57. The van der Waals surface area contributed by atoms with Crippen molar-refractivity contribution in [3.05, 3.63) is 59.1 Å². The predicted molar refractivity (Wildman–Crippen MR) is 96.7 cm³/mol. The summed E-state index contributed by atoms with van der Waals surface area (Å²) in [5.41, 5.74) is 1.27. The van der Waals surface area contributed by atoms with Crippen molar-refractivity contribution in [1.29, 1.82) is 0 Å². The molecule has 1 atom stereocenters. The van der Waals surface area contributed by atoms with Gasteiger partial charge in [0.1, 0.15) is 5.75 Å². The minimum absolute atomic E-state index is 0.00459. The Balaban J connectivity index is 1.58. The maximum absolute atomic E-state index is 12.4. The van der Waals surface area contributed by atoms with Crippen LogP contribution in [0.2, 0.25) is 5.02 Å². The van der Waals surface area contributed by atoms with E-state index in [1.165, 1.54) is 24.3 Å². The maximum atomic E-state index is 12.4. The molecule has 0 bridgehead atoms. The molecule has 0 radical (unpaired) electrons. The summed E-state index contributed by atoms with van der Waals surface area (Å²) in [5, 5.41) is 3.27. The van der Waals surface area contributed by atoms with Crippen LogP contribution in [0.3, 0.4) is 0 Å². The van der Waals surface area contributed by atoms with Gasteiger partial charge in [-0.25, -0.2) is 0 Å². The monoisotopic (exact) mass is 394 g/mol. The first-order valence-electron chi connectivity index (χ1n) is 8.29. The number of benzene rings is 2. The Morgan fingerprint density at radius 2 is 1.93 bits per heavy atom. The van der Waals surface area contributed by atoms with Gasteiger partial charge in [-0.05, 0) is 35.9 Å². The molecule has 2 aromatic rings. The van der Waals surface area contributed by atoms with E-state index in [9.17, 15) is 18.4 Å². The van der Waals surface area contributed by atoms with Gasteiger partial charge in [0.15, 0.2) is 0 Å². The SMILES string of the molecule is O=C(Nc1ccc(OC(F)F)cc1)[C@H]1CC(=O)N(Cc2ccccc2Cl)C1. The van der Waals surface area contributed by atoms with Crippen molar-refractivity contribution in [1.82, 2.24) is 4.90 Å². The van der Waals surface area contributed by atoms with Crippen LogP contribution < -0.4 is 10.1 Å². The minimum Gasteiger partial charge on any atom is -0.435 e.